The van der Waals surface area contributed by atoms with Gasteiger partial charge in [0, 0.05) is 29.2 Å². The number of anilines is 1. The zero-order valence-corrected chi connectivity index (χ0v) is 19.1. The van der Waals surface area contributed by atoms with E-state index in [1.54, 1.807) is 45.3 Å². The van der Waals surface area contributed by atoms with Crippen LogP contribution in [-0.2, 0) is 14.8 Å². The highest BCUT2D eigenvalue weighted by atomic mass is 32.2. The first kappa shape index (κ1) is 22.4. The molecule has 0 spiro atoms. The van der Waals surface area contributed by atoms with Gasteiger partial charge in [0.25, 0.3) is 5.91 Å². The van der Waals surface area contributed by atoms with Gasteiger partial charge >= 0.3 is 0 Å². The number of benzene rings is 1. The Bertz CT molecular complexity index is 1040. The third-order valence-electron chi connectivity index (χ3n) is 4.67. The number of hydrogen-bond acceptors (Lipinski definition) is 6. The number of carbonyl (C=O) groups excluding carboxylic acids is 2. The van der Waals surface area contributed by atoms with Gasteiger partial charge in [-0.15, -0.1) is 11.3 Å². The quantitative estimate of drug-likeness (QED) is 0.728. The monoisotopic (exact) mass is 450 g/mol. The van der Waals surface area contributed by atoms with Crippen LogP contribution in [0.4, 0.5) is 5.13 Å². The minimum atomic E-state index is -3.79. The van der Waals surface area contributed by atoms with Gasteiger partial charge in [-0.05, 0) is 58.2 Å². The highest BCUT2D eigenvalue weighted by molar-refractivity contribution is 7.89. The van der Waals surface area contributed by atoms with Gasteiger partial charge in [-0.25, -0.2) is 18.1 Å². The molecule has 0 saturated carbocycles. The fourth-order valence-electron chi connectivity index (χ4n) is 3.37. The zero-order valence-electron chi connectivity index (χ0n) is 17.4. The lowest BCUT2D eigenvalue weighted by Gasteiger charge is -2.25. The van der Waals surface area contributed by atoms with E-state index in [2.05, 4.69) is 15.0 Å². The smallest absolute Gasteiger partial charge is 0.254 e. The van der Waals surface area contributed by atoms with E-state index in [-0.39, 0.29) is 22.3 Å². The van der Waals surface area contributed by atoms with Crippen molar-refractivity contribution in [3.05, 3.63) is 40.9 Å². The molecule has 1 aliphatic heterocycles. The topological polar surface area (TPSA) is 108 Å². The van der Waals surface area contributed by atoms with Gasteiger partial charge in [-0.1, -0.05) is 6.07 Å². The normalized spacial score (nSPS) is 17.2. The standard InChI is InChI=1S/C20H26N4O4S2/c1-13-7-8-14(30(27,28)23-20(2,3)4)12-15(13)18(26)24-10-5-6-16(24)17(25)22-19-21-9-11-29-19/h7-9,11-12,16,23H,5-6,10H2,1-4H3,(H,21,22,25). The fourth-order valence-corrected chi connectivity index (χ4v) is 5.35. The lowest BCUT2D eigenvalue weighted by molar-refractivity contribution is -0.119. The van der Waals surface area contributed by atoms with Crippen molar-refractivity contribution in [3.63, 3.8) is 0 Å². The van der Waals surface area contributed by atoms with Gasteiger partial charge in [0.1, 0.15) is 6.04 Å². The van der Waals surface area contributed by atoms with Gasteiger partial charge in [0.15, 0.2) is 5.13 Å². The molecule has 1 saturated heterocycles. The predicted octanol–water partition coefficient (Wildman–Crippen LogP) is 2.77. The predicted molar refractivity (Wildman–Crippen MR) is 116 cm³/mol. The molecule has 1 atom stereocenters. The van der Waals surface area contributed by atoms with Crippen LogP contribution in [0.1, 0.15) is 49.5 Å². The Morgan fingerprint density at radius 1 is 1.27 bits per heavy atom. The van der Waals surface area contributed by atoms with Crippen molar-refractivity contribution in [2.45, 2.75) is 57.0 Å². The number of aromatic nitrogens is 1. The minimum Gasteiger partial charge on any atom is -0.327 e. The third kappa shape index (κ3) is 5.05. The van der Waals surface area contributed by atoms with Crippen molar-refractivity contribution in [1.29, 1.82) is 0 Å². The van der Waals surface area contributed by atoms with Crippen LogP contribution in [0.3, 0.4) is 0 Å². The molecule has 0 aliphatic carbocycles. The molecule has 0 bridgehead atoms. The Morgan fingerprint density at radius 3 is 2.63 bits per heavy atom. The first-order chi connectivity index (χ1) is 14.0. The fraction of sp³-hybridized carbons (Fsp3) is 0.450. The Labute approximate surface area is 180 Å². The van der Waals surface area contributed by atoms with Crippen molar-refractivity contribution in [3.8, 4) is 0 Å². The Morgan fingerprint density at radius 2 is 2.00 bits per heavy atom. The van der Waals surface area contributed by atoms with Gasteiger partial charge < -0.3 is 10.2 Å². The maximum absolute atomic E-state index is 13.3. The number of carbonyl (C=O) groups is 2. The maximum atomic E-state index is 13.3. The number of nitrogens with zero attached hydrogens (tertiary/aromatic N) is 2. The summed E-state index contributed by atoms with van der Waals surface area (Å²) >= 11 is 1.31. The lowest BCUT2D eigenvalue weighted by atomic mass is 10.1. The summed E-state index contributed by atoms with van der Waals surface area (Å²) in [6, 6.07) is 3.87. The molecule has 0 radical (unpaired) electrons. The highest BCUT2D eigenvalue weighted by Gasteiger charge is 2.36. The summed E-state index contributed by atoms with van der Waals surface area (Å²) in [5.74, 6) is -0.635. The Hall–Kier alpha value is -2.30. The molecule has 1 aromatic heterocycles. The second-order valence-electron chi connectivity index (χ2n) is 8.32. The van der Waals surface area contributed by atoms with Crippen LogP contribution in [0.25, 0.3) is 0 Å². The van der Waals surface area contributed by atoms with E-state index in [0.29, 0.717) is 30.1 Å². The van der Waals surface area contributed by atoms with Crippen molar-refractivity contribution in [2.75, 3.05) is 11.9 Å². The molecule has 2 aromatic rings. The molecular weight excluding hydrogens is 424 g/mol. The van der Waals surface area contributed by atoms with E-state index >= 15 is 0 Å². The van der Waals surface area contributed by atoms with Crippen LogP contribution in [0.5, 0.6) is 0 Å². The van der Waals surface area contributed by atoms with E-state index in [0.717, 1.165) is 0 Å². The number of hydrogen-bond donors (Lipinski definition) is 2. The van der Waals surface area contributed by atoms with Crippen molar-refractivity contribution >= 4 is 38.3 Å². The largest absolute Gasteiger partial charge is 0.327 e. The average molecular weight is 451 g/mol. The van der Waals surface area contributed by atoms with Crippen LogP contribution in [0.2, 0.25) is 0 Å². The summed E-state index contributed by atoms with van der Waals surface area (Å²) in [7, 11) is -3.79. The summed E-state index contributed by atoms with van der Waals surface area (Å²) < 4.78 is 28.0. The van der Waals surface area contributed by atoms with Gasteiger partial charge in [0.05, 0.1) is 4.90 Å². The van der Waals surface area contributed by atoms with E-state index in [9.17, 15) is 18.0 Å². The van der Waals surface area contributed by atoms with E-state index < -0.39 is 21.6 Å². The van der Waals surface area contributed by atoms with E-state index in [1.165, 1.54) is 28.4 Å². The first-order valence-electron chi connectivity index (χ1n) is 9.64. The molecule has 10 heteroatoms. The number of nitrogens with one attached hydrogen (secondary N) is 2. The van der Waals surface area contributed by atoms with E-state index in [1.807, 2.05) is 0 Å². The van der Waals surface area contributed by atoms with Crippen LogP contribution >= 0.6 is 11.3 Å². The van der Waals surface area contributed by atoms with Crippen LogP contribution in [0.15, 0.2) is 34.7 Å². The summed E-state index contributed by atoms with van der Waals surface area (Å²) in [6.45, 7) is 7.44. The third-order valence-corrected chi connectivity index (χ3v) is 7.11. The number of aryl methyl sites for hydroxylation is 1. The second-order valence-corrected chi connectivity index (χ2v) is 10.9. The summed E-state index contributed by atoms with van der Waals surface area (Å²) in [4.78, 5) is 31.5. The van der Waals surface area contributed by atoms with Crippen LogP contribution < -0.4 is 10.0 Å². The number of sulfonamides is 1. The Balaban J connectivity index is 1.86. The first-order valence-corrected chi connectivity index (χ1v) is 12.0. The Kier molecular flexibility index (Phi) is 6.30. The number of amides is 2. The van der Waals surface area contributed by atoms with Crippen LogP contribution in [-0.4, -0.2) is 48.2 Å². The van der Waals surface area contributed by atoms with Crippen LogP contribution in [0, 0.1) is 6.92 Å². The lowest BCUT2D eigenvalue weighted by Crippen LogP contribution is -2.43. The number of likely N-dealkylation sites (tertiary alicyclic amines) is 1. The molecule has 3 rings (SSSR count). The SMILES string of the molecule is Cc1ccc(S(=O)(=O)NC(C)(C)C)cc1C(=O)N1CCCC1C(=O)Nc1nccs1. The van der Waals surface area contributed by atoms with E-state index in [4.69, 9.17) is 0 Å². The highest BCUT2D eigenvalue weighted by Crippen LogP contribution is 2.25. The minimum absolute atomic E-state index is 0.0226. The second kappa shape index (κ2) is 8.44. The molecule has 1 fully saturated rings. The number of rotatable bonds is 5. The molecule has 1 unspecified atom stereocenters. The maximum Gasteiger partial charge on any atom is 0.254 e. The van der Waals surface area contributed by atoms with Gasteiger partial charge in [-0.3, -0.25) is 9.59 Å². The zero-order chi connectivity index (χ0) is 22.1. The van der Waals surface area contributed by atoms with Gasteiger partial charge in [0.2, 0.25) is 15.9 Å². The molecule has 1 aliphatic rings. The molecule has 30 heavy (non-hydrogen) atoms. The van der Waals surface area contributed by atoms with Gasteiger partial charge in [-0.2, -0.15) is 0 Å². The molecule has 162 valence electrons. The average Bonchev–Trinajstić information content (AvgIpc) is 3.30. The molecule has 2 amide bonds. The van der Waals surface area contributed by atoms with Crippen molar-refractivity contribution in [1.82, 2.24) is 14.6 Å². The molecular formula is C20H26N4O4S2. The molecule has 2 heterocycles. The molecule has 1 aromatic carbocycles. The molecule has 8 nitrogen and oxygen atoms in total. The molecule has 2 N–H and O–H groups in total. The number of thiazole rings is 1. The van der Waals surface area contributed by atoms with Crippen molar-refractivity contribution in [2.24, 2.45) is 0 Å². The van der Waals surface area contributed by atoms with Crippen molar-refractivity contribution < 1.29 is 18.0 Å². The summed E-state index contributed by atoms with van der Waals surface area (Å²) in [6.07, 6.45) is 2.84. The summed E-state index contributed by atoms with van der Waals surface area (Å²) in [5.41, 5.74) is 0.281. The summed E-state index contributed by atoms with van der Waals surface area (Å²) in [5, 5.41) is 4.99.